The van der Waals surface area contributed by atoms with Crippen molar-refractivity contribution in [2.75, 3.05) is 12.9 Å². The van der Waals surface area contributed by atoms with Crippen LogP contribution in [0.4, 0.5) is 0 Å². The van der Waals surface area contributed by atoms with Gasteiger partial charge in [0.15, 0.2) is 5.58 Å². The third-order valence-corrected chi connectivity index (χ3v) is 4.16. The van der Waals surface area contributed by atoms with Crippen molar-refractivity contribution in [3.63, 3.8) is 0 Å². The molecule has 2 aromatic carbocycles. The van der Waals surface area contributed by atoms with Crippen molar-refractivity contribution in [1.82, 2.24) is 4.98 Å². The summed E-state index contributed by atoms with van der Waals surface area (Å²) in [6.07, 6.45) is -1.09. The van der Waals surface area contributed by atoms with Crippen molar-refractivity contribution in [1.29, 1.82) is 0 Å². The Labute approximate surface area is 148 Å². The van der Waals surface area contributed by atoms with Crippen LogP contribution in [0.1, 0.15) is 11.7 Å². The lowest BCUT2D eigenvalue weighted by Gasteiger charge is -2.15. The van der Waals surface area contributed by atoms with E-state index in [1.54, 1.807) is 30.3 Å². The first-order valence-corrected chi connectivity index (χ1v) is 8.46. The summed E-state index contributed by atoms with van der Waals surface area (Å²) in [6, 6.07) is 16.0. The molecule has 0 saturated heterocycles. The number of nitrogens with zero attached hydrogens (tertiary/aromatic N) is 1. The molecule has 0 aliphatic rings. The highest BCUT2D eigenvalue weighted by Crippen LogP contribution is 2.25. The van der Waals surface area contributed by atoms with E-state index in [0.717, 1.165) is 17.3 Å². The minimum Gasteiger partial charge on any atom is -0.466 e. The third kappa shape index (κ3) is 4.19. The number of methoxy groups -OCH3 is 1. The second-order valence-corrected chi connectivity index (χ2v) is 5.97. The van der Waals surface area contributed by atoms with Gasteiger partial charge in [-0.2, -0.15) is 0 Å². The molecule has 0 bridgehead atoms. The van der Waals surface area contributed by atoms with E-state index in [9.17, 15) is 9.59 Å². The molecule has 0 fully saturated rings. The predicted octanol–water partition coefficient (Wildman–Crippen LogP) is 3.38. The molecule has 3 rings (SSSR count). The molecular formula is C18H15NO5S. The van der Waals surface area contributed by atoms with Gasteiger partial charge in [-0.15, -0.1) is 0 Å². The zero-order valence-corrected chi connectivity index (χ0v) is 14.2. The molecule has 0 saturated carbocycles. The zero-order valence-electron chi connectivity index (χ0n) is 13.4. The number of hydrogen-bond acceptors (Lipinski definition) is 7. The number of esters is 2. The molecule has 25 heavy (non-hydrogen) atoms. The van der Waals surface area contributed by atoms with Gasteiger partial charge in [0.05, 0.1) is 7.11 Å². The van der Waals surface area contributed by atoms with Gasteiger partial charge in [-0.3, -0.25) is 4.79 Å². The van der Waals surface area contributed by atoms with Crippen LogP contribution in [0, 0.1) is 0 Å². The Morgan fingerprint density at radius 3 is 2.56 bits per heavy atom. The number of para-hydroxylation sites is 2. The fourth-order valence-electron chi connectivity index (χ4n) is 2.19. The van der Waals surface area contributed by atoms with Crippen LogP contribution in [-0.4, -0.2) is 29.8 Å². The van der Waals surface area contributed by atoms with Crippen LogP contribution in [0.5, 0.6) is 0 Å². The first-order chi connectivity index (χ1) is 12.2. The maximum atomic E-state index is 12.1. The summed E-state index contributed by atoms with van der Waals surface area (Å²) in [5.74, 6) is -1.23. The van der Waals surface area contributed by atoms with Crippen LogP contribution >= 0.6 is 11.8 Å². The molecule has 7 heteroatoms. The molecule has 0 spiro atoms. The molecule has 128 valence electrons. The van der Waals surface area contributed by atoms with Gasteiger partial charge in [0.2, 0.25) is 6.10 Å². The molecule has 0 N–H and O–H groups in total. The van der Waals surface area contributed by atoms with Gasteiger partial charge in [-0.25, -0.2) is 9.78 Å². The largest absolute Gasteiger partial charge is 0.466 e. The summed E-state index contributed by atoms with van der Waals surface area (Å²) >= 11 is 1.11. The number of carbonyl (C=O) groups excluding carboxylic acids is 2. The van der Waals surface area contributed by atoms with Crippen LogP contribution < -0.4 is 0 Å². The van der Waals surface area contributed by atoms with Crippen molar-refractivity contribution in [3.05, 3.63) is 60.2 Å². The Balaban J connectivity index is 1.64. The Hall–Kier alpha value is -2.80. The molecule has 1 heterocycles. The summed E-state index contributed by atoms with van der Waals surface area (Å²) in [4.78, 5) is 28.3. The molecule has 0 amide bonds. The molecule has 1 atom stereocenters. The molecule has 6 nitrogen and oxygen atoms in total. The van der Waals surface area contributed by atoms with Gasteiger partial charge in [-0.05, 0) is 12.1 Å². The highest BCUT2D eigenvalue weighted by molar-refractivity contribution is 7.99. The second kappa shape index (κ2) is 7.85. The Kier molecular flexibility index (Phi) is 5.35. The topological polar surface area (TPSA) is 78.6 Å². The zero-order chi connectivity index (χ0) is 17.6. The van der Waals surface area contributed by atoms with Gasteiger partial charge in [-0.1, -0.05) is 54.2 Å². The second-order valence-electron chi connectivity index (χ2n) is 5.04. The summed E-state index contributed by atoms with van der Waals surface area (Å²) < 4.78 is 15.5. The highest BCUT2D eigenvalue weighted by Gasteiger charge is 2.26. The number of oxazole rings is 1. The van der Waals surface area contributed by atoms with Gasteiger partial charge in [0, 0.05) is 5.56 Å². The molecule has 0 radical (unpaired) electrons. The lowest BCUT2D eigenvalue weighted by molar-refractivity contribution is -0.165. The minimum atomic E-state index is -1.09. The van der Waals surface area contributed by atoms with Crippen molar-refractivity contribution in [2.24, 2.45) is 0 Å². The van der Waals surface area contributed by atoms with E-state index >= 15 is 0 Å². The number of fused-ring (bicyclic) bond motifs is 1. The molecule has 0 aliphatic carbocycles. The van der Waals surface area contributed by atoms with Crippen molar-refractivity contribution in [2.45, 2.75) is 11.3 Å². The summed E-state index contributed by atoms with van der Waals surface area (Å²) in [5, 5.41) is 0.368. The maximum absolute atomic E-state index is 12.1. The Morgan fingerprint density at radius 2 is 1.84 bits per heavy atom. The summed E-state index contributed by atoms with van der Waals surface area (Å²) in [7, 11) is 1.25. The Morgan fingerprint density at radius 1 is 1.12 bits per heavy atom. The van der Waals surface area contributed by atoms with Crippen LogP contribution in [0.2, 0.25) is 0 Å². The van der Waals surface area contributed by atoms with Gasteiger partial charge >= 0.3 is 11.9 Å². The van der Waals surface area contributed by atoms with Crippen LogP contribution in [0.15, 0.2) is 64.2 Å². The predicted molar refractivity (Wildman–Crippen MR) is 92.0 cm³/mol. The lowest BCUT2D eigenvalue weighted by Crippen LogP contribution is -2.22. The molecule has 0 aliphatic heterocycles. The van der Waals surface area contributed by atoms with Crippen molar-refractivity contribution < 1.29 is 23.5 Å². The quantitative estimate of drug-likeness (QED) is 0.494. The lowest BCUT2D eigenvalue weighted by atomic mass is 10.1. The SMILES string of the molecule is COC(=O)C(OC(=O)CSc1nc2ccccc2o1)c1ccccc1. The van der Waals surface area contributed by atoms with E-state index in [-0.39, 0.29) is 5.75 Å². The average molecular weight is 357 g/mol. The number of thioether (sulfide) groups is 1. The van der Waals surface area contributed by atoms with Gasteiger partial charge in [0.1, 0.15) is 11.3 Å². The standard InChI is InChI=1S/C18H15NO5S/c1-22-17(21)16(12-7-3-2-4-8-12)24-15(20)11-25-18-19-13-9-5-6-10-14(13)23-18/h2-10,16H,11H2,1H3. The number of ether oxygens (including phenoxy) is 2. The molecule has 3 aromatic rings. The van der Waals surface area contributed by atoms with E-state index in [4.69, 9.17) is 13.9 Å². The fraction of sp³-hybridized carbons (Fsp3) is 0.167. The Bertz CT molecular complexity index is 844. The van der Waals surface area contributed by atoms with Crippen molar-refractivity contribution >= 4 is 34.8 Å². The van der Waals surface area contributed by atoms with E-state index in [1.807, 2.05) is 24.3 Å². The first-order valence-electron chi connectivity index (χ1n) is 7.48. The van der Waals surface area contributed by atoms with E-state index in [0.29, 0.717) is 16.4 Å². The van der Waals surface area contributed by atoms with Crippen LogP contribution in [0.25, 0.3) is 11.1 Å². The van der Waals surface area contributed by atoms with E-state index < -0.39 is 18.0 Å². The van der Waals surface area contributed by atoms with Crippen molar-refractivity contribution in [3.8, 4) is 0 Å². The van der Waals surface area contributed by atoms with Gasteiger partial charge < -0.3 is 13.9 Å². The minimum absolute atomic E-state index is 0.0346. The molecular weight excluding hydrogens is 342 g/mol. The monoisotopic (exact) mass is 357 g/mol. The third-order valence-electron chi connectivity index (χ3n) is 3.35. The number of carbonyl (C=O) groups is 2. The summed E-state index contributed by atoms with van der Waals surface area (Å²) in [6.45, 7) is 0. The van der Waals surface area contributed by atoms with E-state index in [2.05, 4.69) is 4.98 Å². The number of hydrogen-bond donors (Lipinski definition) is 0. The fourth-order valence-corrected chi connectivity index (χ4v) is 2.81. The highest BCUT2D eigenvalue weighted by atomic mass is 32.2. The maximum Gasteiger partial charge on any atom is 0.351 e. The van der Waals surface area contributed by atoms with Gasteiger partial charge in [0.25, 0.3) is 5.22 Å². The summed E-state index contributed by atoms with van der Waals surface area (Å²) in [5.41, 5.74) is 1.92. The first kappa shape index (κ1) is 17.0. The van der Waals surface area contributed by atoms with E-state index in [1.165, 1.54) is 7.11 Å². The average Bonchev–Trinajstić information content (AvgIpc) is 3.07. The normalized spacial score (nSPS) is 11.9. The van der Waals surface area contributed by atoms with Crippen LogP contribution in [-0.2, 0) is 19.1 Å². The number of rotatable bonds is 6. The van der Waals surface area contributed by atoms with Crippen LogP contribution in [0.3, 0.4) is 0 Å². The molecule has 1 unspecified atom stereocenters. The number of aromatic nitrogens is 1. The molecule has 1 aromatic heterocycles. The number of benzene rings is 2. The smallest absolute Gasteiger partial charge is 0.351 e.